The summed E-state index contributed by atoms with van der Waals surface area (Å²) in [4.78, 5) is 111. The number of thioether (sulfide) groups is 1. The Morgan fingerprint density at radius 1 is 1.04 bits per heavy atom. The minimum absolute atomic E-state index is 0.0243. The summed E-state index contributed by atoms with van der Waals surface area (Å²) in [6.07, 6.45) is 0. The maximum absolute atomic E-state index is 13.4. The quantitative estimate of drug-likeness (QED) is 0.0276. The molecule has 3 aliphatic heterocycles. The van der Waals surface area contributed by atoms with Gasteiger partial charge in [0.1, 0.15) is 17.1 Å². The first-order valence-electron chi connectivity index (χ1n) is 15.4. The number of hydrogen-bond donors (Lipinski definition) is 10. The fourth-order valence-electron chi connectivity index (χ4n) is 5.15. The monoisotopic (exact) mass is 841 g/mol. The lowest BCUT2D eigenvalue weighted by atomic mass is 10.1. The molecule has 56 heavy (non-hydrogen) atoms. The number of nitrogens with two attached hydrogens (primary N) is 1. The number of anilines is 1. The number of rotatable bonds is 11. The van der Waals surface area contributed by atoms with Crippen molar-refractivity contribution in [2.45, 2.75) is 35.7 Å². The van der Waals surface area contributed by atoms with Crippen molar-refractivity contribution in [3.63, 3.8) is 0 Å². The summed E-state index contributed by atoms with van der Waals surface area (Å²) in [5, 5.41) is 57.5. The van der Waals surface area contributed by atoms with Crippen molar-refractivity contribution in [1.29, 1.82) is 0 Å². The first-order valence-corrected chi connectivity index (χ1v) is 17.5. The summed E-state index contributed by atoms with van der Waals surface area (Å²) in [6.45, 7) is 1.08. The molecule has 0 spiro atoms. The third-order valence-electron chi connectivity index (χ3n) is 8.16. The van der Waals surface area contributed by atoms with Gasteiger partial charge in [0.05, 0.1) is 18.1 Å². The standard InChI is InChI=1S/C28H28ClN11O14S2/c1-27(2,23(48)49)54-37-14(10-7-55-25(30)31-10)17(43)32-15-21(47)38-8-28(24(50)51,56-22(15)38)39-5-6-40(26(39)52)35-20(46)19(45)34-33-18(44)13(36-53)9-3-4-11(41)16(42)12(9)29/h3-4,7,15,22,41-42,53H,5-6,8H2,1-2H3,(H2,30,31)(H,32,43)(H,33,44)(H,34,45)(H,35,46)(H,48,49)(H,50,51)/b36-13-,37-14-/t15-,22-,28?/m1/s1. The van der Waals surface area contributed by atoms with Crippen molar-refractivity contribution in [2.24, 2.45) is 10.3 Å². The molecule has 11 N–H and O–H groups in total. The maximum Gasteiger partial charge on any atom is 0.350 e. The molecule has 1 aromatic carbocycles. The van der Waals surface area contributed by atoms with E-state index in [4.69, 9.17) is 22.2 Å². The van der Waals surface area contributed by atoms with Crippen LogP contribution in [0.5, 0.6) is 11.5 Å². The summed E-state index contributed by atoms with van der Waals surface area (Å²) in [5.41, 5.74) is 7.31. The zero-order chi connectivity index (χ0) is 41.4. The molecule has 28 heteroatoms. The number of carbonyl (C=O) groups excluding carboxylic acids is 6. The number of phenols is 2. The Labute approximate surface area is 325 Å². The van der Waals surface area contributed by atoms with Crippen LogP contribution in [0.1, 0.15) is 25.1 Å². The number of hydrogen-bond acceptors (Lipinski definition) is 18. The fraction of sp³-hybridized carbons (Fsp3) is 0.321. The van der Waals surface area contributed by atoms with E-state index in [1.165, 1.54) is 5.38 Å². The number of benzene rings is 1. The maximum atomic E-state index is 13.4. The van der Waals surface area contributed by atoms with Gasteiger partial charge >= 0.3 is 29.8 Å². The van der Waals surface area contributed by atoms with Gasteiger partial charge < -0.3 is 46.4 Å². The van der Waals surface area contributed by atoms with Crippen LogP contribution in [-0.4, -0.2) is 146 Å². The van der Waals surface area contributed by atoms with Crippen molar-refractivity contribution in [3.05, 3.63) is 33.8 Å². The van der Waals surface area contributed by atoms with E-state index in [1.54, 1.807) is 10.9 Å². The zero-order valence-corrected chi connectivity index (χ0v) is 30.8. The molecule has 5 rings (SSSR count). The van der Waals surface area contributed by atoms with Crippen molar-refractivity contribution in [1.82, 2.24) is 41.4 Å². The van der Waals surface area contributed by atoms with Crippen LogP contribution in [0.25, 0.3) is 0 Å². The second-order valence-corrected chi connectivity index (χ2v) is 14.8. The highest BCUT2D eigenvalue weighted by atomic mass is 35.5. The van der Waals surface area contributed by atoms with Gasteiger partial charge in [-0.2, -0.15) is 0 Å². The van der Waals surface area contributed by atoms with E-state index < -0.39 is 104 Å². The zero-order valence-electron chi connectivity index (χ0n) is 28.4. The second-order valence-electron chi connectivity index (χ2n) is 12.1. The number of carboxylic acid groups (broad SMARTS) is 2. The van der Waals surface area contributed by atoms with Crippen LogP contribution < -0.4 is 27.3 Å². The van der Waals surface area contributed by atoms with E-state index in [1.807, 2.05) is 5.43 Å². The van der Waals surface area contributed by atoms with Crippen LogP contribution in [0.15, 0.2) is 27.8 Å². The number of halogens is 1. The molecule has 25 nitrogen and oxygen atoms in total. The largest absolute Gasteiger partial charge is 0.504 e. The van der Waals surface area contributed by atoms with Gasteiger partial charge in [0, 0.05) is 17.5 Å². The van der Waals surface area contributed by atoms with Crippen LogP contribution >= 0.6 is 34.7 Å². The van der Waals surface area contributed by atoms with Crippen LogP contribution in [0.2, 0.25) is 5.02 Å². The Hall–Kier alpha value is -6.61. The van der Waals surface area contributed by atoms with Gasteiger partial charge in [-0.3, -0.25) is 45.1 Å². The van der Waals surface area contributed by atoms with Gasteiger partial charge in [0.2, 0.25) is 16.4 Å². The summed E-state index contributed by atoms with van der Waals surface area (Å²) in [6, 6.07) is -0.543. The number of aromatic nitrogens is 1. The highest BCUT2D eigenvalue weighted by Gasteiger charge is 2.66. The number of amides is 7. The van der Waals surface area contributed by atoms with Crippen LogP contribution in [0, 0.1) is 0 Å². The molecule has 4 heterocycles. The SMILES string of the molecule is CC(C)(O/N=C(\C(=O)N[C@@H]1C(=O)N2CC(C(=O)O)(N3CCN(NC(=O)C(=O)NNC(=O)/C(=N\O)c4ccc(O)c(O)c4Cl)C3=O)S[C@H]12)c1csc(N)n1)C(=O)O. The third kappa shape index (κ3) is 7.40. The molecule has 298 valence electrons. The molecular weight excluding hydrogens is 814 g/mol. The molecule has 3 saturated heterocycles. The lowest BCUT2D eigenvalue weighted by Crippen LogP contribution is -2.68. The van der Waals surface area contributed by atoms with Gasteiger partial charge in [-0.25, -0.2) is 24.4 Å². The normalized spacial score (nSPS) is 20.9. The number of urea groups is 1. The number of hydrazine groups is 2. The number of fused-ring (bicyclic) bond motifs is 1. The van der Waals surface area contributed by atoms with Crippen molar-refractivity contribution in [2.75, 3.05) is 25.4 Å². The average Bonchev–Trinajstić information content (AvgIpc) is 3.85. The molecule has 3 aliphatic rings. The number of nitrogens with one attached hydrogen (secondary N) is 4. The highest BCUT2D eigenvalue weighted by molar-refractivity contribution is 8.02. The van der Waals surface area contributed by atoms with Crippen molar-refractivity contribution in [3.8, 4) is 11.5 Å². The van der Waals surface area contributed by atoms with E-state index in [-0.39, 0.29) is 29.5 Å². The van der Waals surface area contributed by atoms with Crippen molar-refractivity contribution >= 4 is 98.8 Å². The first kappa shape index (κ1) is 40.6. The number of carboxylic acids is 2. The number of aromatic hydroxyl groups is 2. The molecule has 7 amide bonds. The van der Waals surface area contributed by atoms with E-state index in [0.717, 1.165) is 47.1 Å². The smallest absolute Gasteiger partial charge is 0.350 e. The third-order valence-corrected chi connectivity index (χ3v) is 10.9. The lowest BCUT2D eigenvalue weighted by molar-refractivity contribution is -0.161. The molecule has 1 aromatic heterocycles. The number of carbonyl (C=O) groups is 8. The van der Waals surface area contributed by atoms with Crippen LogP contribution in [0.3, 0.4) is 0 Å². The van der Waals surface area contributed by atoms with Gasteiger partial charge in [-0.1, -0.05) is 33.7 Å². The number of phenolic OH excluding ortho intramolecular Hbond substituents is 2. The predicted octanol–water partition coefficient (Wildman–Crippen LogP) is -2.65. The Kier molecular flexibility index (Phi) is 11.1. The Morgan fingerprint density at radius 2 is 1.71 bits per heavy atom. The number of aliphatic carboxylic acids is 2. The van der Waals surface area contributed by atoms with E-state index in [0.29, 0.717) is 16.8 Å². The number of oxime groups is 2. The fourth-order valence-corrected chi connectivity index (χ4v) is 7.59. The molecule has 2 aromatic rings. The number of β-lactam (4-membered cyclic amide) rings is 1. The van der Waals surface area contributed by atoms with Crippen LogP contribution in [0.4, 0.5) is 9.93 Å². The van der Waals surface area contributed by atoms with Gasteiger partial charge in [0.15, 0.2) is 28.1 Å². The first-order chi connectivity index (χ1) is 26.2. The second kappa shape index (κ2) is 15.3. The summed E-state index contributed by atoms with van der Waals surface area (Å²) < 4.78 is 0. The molecule has 0 aliphatic carbocycles. The Balaban J connectivity index is 1.22. The molecule has 1 unspecified atom stereocenters. The molecule has 0 saturated carbocycles. The summed E-state index contributed by atoms with van der Waals surface area (Å²) in [5.74, 6) is -10.7. The van der Waals surface area contributed by atoms with Crippen LogP contribution in [-0.2, 0) is 38.4 Å². The van der Waals surface area contributed by atoms with E-state index in [9.17, 15) is 64.0 Å². The summed E-state index contributed by atoms with van der Waals surface area (Å²) >= 11 is 7.42. The van der Waals surface area contributed by atoms with E-state index >= 15 is 0 Å². The molecule has 3 atom stereocenters. The molecular formula is C28H28ClN11O14S2. The van der Waals surface area contributed by atoms with Gasteiger partial charge in [-0.15, -0.1) is 11.3 Å². The number of nitrogens with zero attached hydrogens (tertiary/aromatic N) is 6. The summed E-state index contributed by atoms with van der Waals surface area (Å²) in [7, 11) is 0. The minimum atomic E-state index is -2.15. The average molecular weight is 842 g/mol. The lowest BCUT2D eigenvalue weighted by Gasteiger charge is -2.41. The van der Waals surface area contributed by atoms with Crippen molar-refractivity contribution < 1.29 is 68.8 Å². The van der Waals surface area contributed by atoms with E-state index in [2.05, 4.69) is 20.6 Å². The Bertz CT molecular complexity index is 2130. The number of nitrogen functional groups attached to an aromatic ring is 1. The topological polar surface area (TPSA) is 368 Å². The number of thiazole rings is 1. The van der Waals surface area contributed by atoms with Gasteiger partial charge in [0.25, 0.3) is 11.8 Å². The van der Waals surface area contributed by atoms with Gasteiger partial charge in [-0.05, 0) is 26.0 Å². The predicted molar refractivity (Wildman–Crippen MR) is 188 cm³/mol. The minimum Gasteiger partial charge on any atom is -0.504 e. The Morgan fingerprint density at radius 3 is 2.32 bits per heavy atom. The molecule has 0 radical (unpaired) electrons. The molecule has 0 bridgehead atoms. The highest BCUT2D eigenvalue weighted by Crippen LogP contribution is 2.49. The molecule has 3 fully saturated rings.